The van der Waals surface area contributed by atoms with Gasteiger partial charge in [0.15, 0.2) is 5.82 Å². The van der Waals surface area contributed by atoms with Gasteiger partial charge in [-0.2, -0.15) is 0 Å². The minimum absolute atomic E-state index is 0.505. The maximum absolute atomic E-state index is 5.97. The van der Waals surface area contributed by atoms with Crippen molar-refractivity contribution in [3.63, 3.8) is 0 Å². The molecule has 0 amide bonds. The normalized spacial score (nSPS) is 26.9. The highest BCUT2D eigenvalue weighted by Gasteiger charge is 2.56. The van der Waals surface area contributed by atoms with Gasteiger partial charge < -0.3 is 10.3 Å². The fourth-order valence-electron chi connectivity index (χ4n) is 4.02. The van der Waals surface area contributed by atoms with Gasteiger partial charge in [0.1, 0.15) is 5.76 Å². The van der Waals surface area contributed by atoms with E-state index in [1.165, 1.54) is 24.0 Å². The Balaban J connectivity index is 1.70. The molecular weight excluding hydrogens is 248 g/mol. The van der Waals surface area contributed by atoms with E-state index >= 15 is 0 Å². The average molecular weight is 268 g/mol. The van der Waals surface area contributed by atoms with Crippen LogP contribution in [0.5, 0.6) is 0 Å². The Hall–Kier alpha value is -1.77. The lowest BCUT2D eigenvalue weighted by Crippen LogP contribution is -2.00. The number of hydrogen-bond acceptors (Lipinski definition) is 3. The second kappa shape index (κ2) is 4.37. The molecule has 1 heterocycles. The van der Waals surface area contributed by atoms with E-state index in [0.29, 0.717) is 17.7 Å². The molecule has 0 bridgehead atoms. The molecule has 3 unspecified atom stereocenters. The van der Waals surface area contributed by atoms with Gasteiger partial charge in [0.25, 0.3) is 0 Å². The molecule has 3 heteroatoms. The monoisotopic (exact) mass is 268 g/mol. The van der Waals surface area contributed by atoms with Crippen LogP contribution < -0.4 is 5.73 Å². The van der Waals surface area contributed by atoms with E-state index in [1.807, 2.05) is 0 Å². The molecule has 1 saturated carbocycles. The second-order valence-electron chi connectivity index (χ2n) is 6.11. The minimum Gasteiger partial charge on any atom is -0.381 e. The third-order valence-electron chi connectivity index (χ3n) is 4.98. The third kappa shape index (κ3) is 1.62. The Labute approximate surface area is 119 Å². The molecule has 2 N–H and O–H groups in total. The molecule has 0 radical (unpaired) electrons. The molecule has 104 valence electrons. The number of nitrogens with two attached hydrogens (primary N) is 1. The molecule has 4 rings (SSSR count). The van der Waals surface area contributed by atoms with Gasteiger partial charge in [-0.1, -0.05) is 42.8 Å². The molecule has 2 aliphatic carbocycles. The molecule has 0 spiro atoms. The van der Waals surface area contributed by atoms with E-state index in [0.717, 1.165) is 30.1 Å². The molecule has 1 aromatic carbocycles. The first-order valence-electron chi connectivity index (χ1n) is 7.63. The van der Waals surface area contributed by atoms with Crippen LogP contribution in [0.3, 0.4) is 0 Å². The zero-order valence-corrected chi connectivity index (χ0v) is 11.8. The first-order chi connectivity index (χ1) is 9.81. The van der Waals surface area contributed by atoms with Crippen molar-refractivity contribution in [3.05, 3.63) is 46.7 Å². The Morgan fingerprint density at radius 2 is 2.15 bits per heavy atom. The van der Waals surface area contributed by atoms with E-state index in [-0.39, 0.29) is 0 Å². The summed E-state index contributed by atoms with van der Waals surface area (Å²) in [7, 11) is 0. The molecule has 20 heavy (non-hydrogen) atoms. The summed E-state index contributed by atoms with van der Waals surface area (Å²) in [5.41, 5.74) is 10.2. The number of aromatic nitrogens is 1. The maximum Gasteiger partial charge on any atom is 0.170 e. The van der Waals surface area contributed by atoms with Gasteiger partial charge in [0.05, 0.1) is 0 Å². The van der Waals surface area contributed by atoms with Gasteiger partial charge in [-0.3, -0.25) is 0 Å². The molecule has 3 atom stereocenters. The van der Waals surface area contributed by atoms with Crippen LogP contribution in [0.2, 0.25) is 0 Å². The van der Waals surface area contributed by atoms with E-state index in [2.05, 4.69) is 36.3 Å². The maximum atomic E-state index is 5.97. The predicted molar refractivity (Wildman–Crippen MR) is 78.6 cm³/mol. The molecule has 2 aromatic rings. The lowest BCUT2D eigenvalue weighted by molar-refractivity contribution is 0.380. The Morgan fingerprint density at radius 3 is 3.00 bits per heavy atom. The first-order valence-corrected chi connectivity index (χ1v) is 7.63. The second-order valence-corrected chi connectivity index (χ2v) is 6.11. The SMILES string of the molecule is CCCc1c(N)noc1C1C2CCc3ccccc3C21. The molecule has 1 fully saturated rings. The molecule has 3 nitrogen and oxygen atoms in total. The predicted octanol–water partition coefficient (Wildman–Crippen LogP) is 3.65. The third-order valence-corrected chi connectivity index (χ3v) is 4.98. The van der Waals surface area contributed by atoms with Gasteiger partial charge in [0, 0.05) is 11.5 Å². The summed E-state index contributed by atoms with van der Waals surface area (Å²) < 4.78 is 5.60. The summed E-state index contributed by atoms with van der Waals surface area (Å²) in [4.78, 5) is 0. The van der Waals surface area contributed by atoms with Gasteiger partial charge in [-0.15, -0.1) is 0 Å². The topological polar surface area (TPSA) is 52.0 Å². The minimum atomic E-state index is 0.505. The highest BCUT2D eigenvalue weighted by molar-refractivity contribution is 5.49. The smallest absolute Gasteiger partial charge is 0.170 e. The van der Waals surface area contributed by atoms with Crippen LogP contribution in [-0.4, -0.2) is 5.16 Å². The van der Waals surface area contributed by atoms with Crippen molar-refractivity contribution in [2.75, 3.05) is 5.73 Å². The summed E-state index contributed by atoms with van der Waals surface area (Å²) in [5, 5.41) is 4.01. The van der Waals surface area contributed by atoms with Crippen LogP contribution >= 0.6 is 0 Å². The van der Waals surface area contributed by atoms with Crippen molar-refractivity contribution >= 4 is 5.82 Å². The molecule has 0 aliphatic heterocycles. The number of hydrogen-bond donors (Lipinski definition) is 1. The quantitative estimate of drug-likeness (QED) is 0.924. The zero-order chi connectivity index (χ0) is 13.7. The Morgan fingerprint density at radius 1 is 1.30 bits per heavy atom. The van der Waals surface area contributed by atoms with Crippen LogP contribution in [0.15, 0.2) is 28.8 Å². The summed E-state index contributed by atoms with van der Waals surface area (Å²) in [5.74, 6) is 3.52. The summed E-state index contributed by atoms with van der Waals surface area (Å²) in [6, 6.07) is 8.85. The lowest BCUT2D eigenvalue weighted by Gasteiger charge is -2.13. The molecule has 0 saturated heterocycles. The van der Waals surface area contributed by atoms with Gasteiger partial charge in [-0.25, -0.2) is 0 Å². The van der Waals surface area contributed by atoms with Gasteiger partial charge in [0.2, 0.25) is 0 Å². The van der Waals surface area contributed by atoms with Crippen molar-refractivity contribution in [2.24, 2.45) is 5.92 Å². The number of anilines is 1. The number of benzene rings is 1. The Kier molecular flexibility index (Phi) is 2.62. The van der Waals surface area contributed by atoms with Crippen LogP contribution in [0.25, 0.3) is 0 Å². The van der Waals surface area contributed by atoms with Crippen molar-refractivity contribution < 1.29 is 4.52 Å². The number of fused-ring (bicyclic) bond motifs is 3. The largest absolute Gasteiger partial charge is 0.381 e. The van der Waals surface area contributed by atoms with E-state index in [9.17, 15) is 0 Å². The van der Waals surface area contributed by atoms with Crippen molar-refractivity contribution in [2.45, 2.75) is 44.4 Å². The molecule has 1 aromatic heterocycles. The zero-order valence-electron chi connectivity index (χ0n) is 11.8. The van der Waals surface area contributed by atoms with E-state index in [4.69, 9.17) is 10.3 Å². The van der Waals surface area contributed by atoms with E-state index in [1.54, 1.807) is 0 Å². The number of rotatable bonds is 3. The van der Waals surface area contributed by atoms with Crippen molar-refractivity contribution in [1.29, 1.82) is 0 Å². The summed E-state index contributed by atoms with van der Waals surface area (Å²) >= 11 is 0. The Bertz CT molecular complexity index is 646. The van der Waals surface area contributed by atoms with Gasteiger partial charge in [-0.05, 0) is 42.2 Å². The molecular formula is C17H20N2O. The average Bonchev–Trinajstić information content (AvgIpc) is 3.11. The standard InChI is InChI=1S/C17H20N2O/c1-2-5-13-16(20-19-17(13)18)15-12-9-8-10-6-3-4-7-11(10)14(12)15/h3-4,6-7,12,14-15H,2,5,8-9H2,1H3,(H2,18,19). The molecule has 2 aliphatic rings. The van der Waals surface area contributed by atoms with Crippen molar-refractivity contribution in [3.8, 4) is 0 Å². The van der Waals surface area contributed by atoms with E-state index < -0.39 is 0 Å². The fourth-order valence-corrected chi connectivity index (χ4v) is 4.02. The van der Waals surface area contributed by atoms with Crippen LogP contribution in [-0.2, 0) is 12.8 Å². The highest BCUT2D eigenvalue weighted by Crippen LogP contribution is 2.65. The highest BCUT2D eigenvalue weighted by atomic mass is 16.5. The number of nitrogens with zero attached hydrogens (tertiary/aromatic N) is 1. The van der Waals surface area contributed by atoms with Crippen molar-refractivity contribution in [1.82, 2.24) is 5.16 Å². The first kappa shape index (κ1) is 12.0. The number of aryl methyl sites for hydroxylation is 1. The summed E-state index contributed by atoms with van der Waals surface area (Å²) in [6.45, 7) is 2.17. The van der Waals surface area contributed by atoms with Gasteiger partial charge >= 0.3 is 0 Å². The number of nitrogen functional groups attached to an aromatic ring is 1. The van der Waals surface area contributed by atoms with Crippen LogP contribution in [0, 0.1) is 5.92 Å². The lowest BCUT2D eigenvalue weighted by atomic mass is 9.92. The fraction of sp³-hybridized carbons (Fsp3) is 0.471. The van der Waals surface area contributed by atoms with Crippen LogP contribution in [0.1, 0.15) is 54.1 Å². The summed E-state index contributed by atoms with van der Waals surface area (Å²) in [6.07, 6.45) is 4.51. The van der Waals surface area contributed by atoms with Crippen LogP contribution in [0.4, 0.5) is 5.82 Å².